The predicted octanol–water partition coefficient (Wildman–Crippen LogP) is 2.20. The van der Waals surface area contributed by atoms with Crippen LogP contribution in [0.25, 0.3) is 0 Å². The van der Waals surface area contributed by atoms with Crippen molar-refractivity contribution in [2.45, 2.75) is 45.2 Å². The van der Waals surface area contributed by atoms with Gasteiger partial charge in [0.25, 0.3) is 0 Å². The van der Waals surface area contributed by atoms with Gasteiger partial charge in [-0.15, -0.1) is 0 Å². The molecule has 1 spiro atoms. The van der Waals surface area contributed by atoms with Gasteiger partial charge < -0.3 is 10.2 Å². The lowest BCUT2D eigenvalue weighted by molar-refractivity contribution is 0.0423. The molecule has 0 saturated carbocycles. The molecule has 0 atom stereocenters. The second kappa shape index (κ2) is 4.61. The van der Waals surface area contributed by atoms with Crippen molar-refractivity contribution in [3.05, 3.63) is 0 Å². The molecule has 0 amide bonds. The third-order valence-electron chi connectivity index (χ3n) is 4.18. The molecule has 0 aromatic heterocycles. The summed E-state index contributed by atoms with van der Waals surface area (Å²) in [7, 11) is 0. The highest BCUT2D eigenvalue weighted by Gasteiger charge is 2.36. The number of hydrogen-bond donors (Lipinski definition) is 1. The molecule has 2 rings (SSSR count). The summed E-state index contributed by atoms with van der Waals surface area (Å²) < 4.78 is 13.6. The molecule has 2 saturated heterocycles. The Morgan fingerprint density at radius 1 is 1.12 bits per heavy atom. The highest BCUT2D eigenvalue weighted by molar-refractivity contribution is 4.90. The first-order chi connectivity index (χ1) is 7.49. The van der Waals surface area contributed by atoms with Gasteiger partial charge in [-0.2, -0.15) is 0 Å². The number of nitrogens with one attached hydrogen (secondary N) is 1. The molecule has 0 bridgehead atoms. The fourth-order valence-corrected chi connectivity index (χ4v) is 3.17. The van der Waals surface area contributed by atoms with Crippen LogP contribution in [0.5, 0.6) is 0 Å². The average molecular weight is 228 g/mol. The van der Waals surface area contributed by atoms with E-state index in [4.69, 9.17) is 0 Å². The minimum absolute atomic E-state index is 0.586. The van der Waals surface area contributed by atoms with E-state index >= 15 is 0 Å². The maximum atomic E-state index is 13.6. The van der Waals surface area contributed by atoms with Crippen molar-refractivity contribution in [1.29, 1.82) is 0 Å². The monoisotopic (exact) mass is 228 g/mol. The minimum atomic E-state index is -1.04. The number of piperidine rings is 2. The average Bonchev–Trinajstić information content (AvgIpc) is 2.22. The Morgan fingerprint density at radius 2 is 1.69 bits per heavy atom. The standard InChI is InChI=1S/C13H25FN2/c1-12(2,14)11-16-9-5-13(6-10-16)3-7-15-8-4-13/h15H,3-11H2,1-2H3. The summed E-state index contributed by atoms with van der Waals surface area (Å²) in [4.78, 5) is 2.30. The van der Waals surface area contributed by atoms with E-state index in [1.807, 2.05) is 0 Å². The van der Waals surface area contributed by atoms with Crippen LogP contribution in [0, 0.1) is 5.41 Å². The summed E-state index contributed by atoms with van der Waals surface area (Å²) in [6.07, 6.45) is 5.18. The van der Waals surface area contributed by atoms with Crippen LogP contribution in [0.15, 0.2) is 0 Å². The molecule has 0 aromatic carbocycles. The second-order valence-electron chi connectivity index (χ2n) is 6.24. The van der Waals surface area contributed by atoms with Crippen molar-refractivity contribution >= 4 is 0 Å². The number of nitrogens with zero attached hydrogens (tertiary/aromatic N) is 1. The summed E-state index contributed by atoms with van der Waals surface area (Å²) in [5, 5.41) is 3.43. The molecular weight excluding hydrogens is 203 g/mol. The molecule has 2 aliphatic rings. The van der Waals surface area contributed by atoms with E-state index in [-0.39, 0.29) is 0 Å². The summed E-state index contributed by atoms with van der Waals surface area (Å²) in [6.45, 7) is 8.50. The number of rotatable bonds is 2. The number of halogens is 1. The Morgan fingerprint density at radius 3 is 2.19 bits per heavy atom. The molecule has 2 heterocycles. The minimum Gasteiger partial charge on any atom is -0.317 e. The van der Waals surface area contributed by atoms with Gasteiger partial charge in [0.1, 0.15) is 5.67 Å². The van der Waals surface area contributed by atoms with Crippen molar-refractivity contribution in [1.82, 2.24) is 10.2 Å². The molecule has 0 radical (unpaired) electrons. The lowest BCUT2D eigenvalue weighted by atomic mass is 9.71. The van der Waals surface area contributed by atoms with E-state index in [1.54, 1.807) is 13.8 Å². The Balaban J connectivity index is 1.82. The first-order valence-electron chi connectivity index (χ1n) is 6.61. The molecule has 0 aliphatic carbocycles. The van der Waals surface area contributed by atoms with Crippen LogP contribution in [0.3, 0.4) is 0 Å². The van der Waals surface area contributed by atoms with Gasteiger partial charge in [0.05, 0.1) is 0 Å². The van der Waals surface area contributed by atoms with E-state index in [0.717, 1.165) is 13.1 Å². The molecule has 0 unspecified atom stereocenters. The SMILES string of the molecule is CC(C)(F)CN1CCC2(CCNCC2)CC1. The highest BCUT2D eigenvalue weighted by Crippen LogP contribution is 2.39. The highest BCUT2D eigenvalue weighted by atomic mass is 19.1. The van der Waals surface area contributed by atoms with E-state index < -0.39 is 5.67 Å². The summed E-state index contributed by atoms with van der Waals surface area (Å²) >= 11 is 0. The topological polar surface area (TPSA) is 15.3 Å². The lowest BCUT2D eigenvalue weighted by Gasteiger charge is -2.45. The zero-order valence-corrected chi connectivity index (χ0v) is 10.7. The third kappa shape index (κ3) is 3.17. The number of hydrogen-bond acceptors (Lipinski definition) is 2. The van der Waals surface area contributed by atoms with Crippen LogP contribution >= 0.6 is 0 Å². The Labute approximate surface area is 98.6 Å². The van der Waals surface area contributed by atoms with Gasteiger partial charge in [-0.1, -0.05) is 0 Å². The number of alkyl halides is 1. The van der Waals surface area contributed by atoms with E-state index in [0.29, 0.717) is 12.0 Å². The largest absolute Gasteiger partial charge is 0.317 e. The second-order valence-corrected chi connectivity index (χ2v) is 6.24. The van der Waals surface area contributed by atoms with Crippen LogP contribution in [-0.2, 0) is 0 Å². The van der Waals surface area contributed by atoms with Crippen molar-refractivity contribution in [3.8, 4) is 0 Å². The quantitative estimate of drug-likeness (QED) is 0.779. The van der Waals surface area contributed by atoms with Crippen LogP contribution in [0.1, 0.15) is 39.5 Å². The van der Waals surface area contributed by atoms with Gasteiger partial charge in [0, 0.05) is 6.54 Å². The molecule has 0 aromatic rings. The molecule has 16 heavy (non-hydrogen) atoms. The Kier molecular flexibility index (Phi) is 3.55. The van der Waals surface area contributed by atoms with Gasteiger partial charge in [0.15, 0.2) is 0 Å². The first kappa shape index (κ1) is 12.3. The van der Waals surface area contributed by atoms with Crippen LogP contribution in [0.2, 0.25) is 0 Å². The van der Waals surface area contributed by atoms with Crippen LogP contribution in [0.4, 0.5) is 4.39 Å². The zero-order valence-electron chi connectivity index (χ0n) is 10.7. The van der Waals surface area contributed by atoms with Gasteiger partial charge in [0.2, 0.25) is 0 Å². The smallest absolute Gasteiger partial charge is 0.118 e. The Hall–Kier alpha value is -0.150. The molecule has 3 heteroatoms. The van der Waals surface area contributed by atoms with E-state index in [1.165, 1.54) is 38.8 Å². The normalized spacial score (nSPS) is 27.2. The van der Waals surface area contributed by atoms with Gasteiger partial charge >= 0.3 is 0 Å². The van der Waals surface area contributed by atoms with Crippen LogP contribution < -0.4 is 5.32 Å². The van der Waals surface area contributed by atoms with E-state index in [2.05, 4.69) is 10.2 Å². The molecule has 2 nitrogen and oxygen atoms in total. The van der Waals surface area contributed by atoms with Gasteiger partial charge in [-0.25, -0.2) is 4.39 Å². The predicted molar refractivity (Wildman–Crippen MR) is 65.4 cm³/mol. The van der Waals surface area contributed by atoms with Crippen molar-refractivity contribution in [3.63, 3.8) is 0 Å². The fraction of sp³-hybridized carbons (Fsp3) is 1.00. The molecule has 1 N–H and O–H groups in total. The summed E-state index contributed by atoms with van der Waals surface area (Å²) in [5.41, 5.74) is -0.458. The summed E-state index contributed by atoms with van der Waals surface area (Å²) in [6, 6.07) is 0. The molecular formula is C13H25FN2. The van der Waals surface area contributed by atoms with Crippen molar-refractivity contribution in [2.75, 3.05) is 32.7 Å². The van der Waals surface area contributed by atoms with Gasteiger partial charge in [-0.05, 0) is 71.1 Å². The van der Waals surface area contributed by atoms with Crippen molar-refractivity contribution < 1.29 is 4.39 Å². The lowest BCUT2D eigenvalue weighted by Crippen LogP contribution is -2.48. The molecule has 94 valence electrons. The zero-order chi connectivity index (χ0) is 11.6. The Bertz CT molecular complexity index is 219. The molecule has 2 fully saturated rings. The van der Waals surface area contributed by atoms with E-state index in [9.17, 15) is 4.39 Å². The fourth-order valence-electron chi connectivity index (χ4n) is 3.17. The van der Waals surface area contributed by atoms with Crippen LogP contribution in [-0.4, -0.2) is 43.3 Å². The first-order valence-corrected chi connectivity index (χ1v) is 6.61. The van der Waals surface area contributed by atoms with Gasteiger partial charge in [-0.3, -0.25) is 0 Å². The summed E-state index contributed by atoms with van der Waals surface area (Å²) in [5.74, 6) is 0. The maximum absolute atomic E-state index is 13.6. The molecule has 2 aliphatic heterocycles. The maximum Gasteiger partial charge on any atom is 0.118 e. The number of likely N-dealkylation sites (tertiary alicyclic amines) is 1. The van der Waals surface area contributed by atoms with Crippen molar-refractivity contribution in [2.24, 2.45) is 5.41 Å². The third-order valence-corrected chi connectivity index (χ3v) is 4.18.